The SMILES string of the molecule is C(#C[Si](c1ccccc1)(c1ccccc1)c1ccccc1)c1ccc(-c2ccccn2)nc1. The monoisotopic (exact) mass is 438 g/mol. The van der Waals surface area contributed by atoms with Gasteiger partial charge in [-0.05, 0) is 39.8 Å². The van der Waals surface area contributed by atoms with Crippen molar-refractivity contribution in [2.45, 2.75) is 0 Å². The minimum atomic E-state index is -2.59. The second-order valence-electron chi connectivity index (χ2n) is 7.75. The van der Waals surface area contributed by atoms with E-state index < -0.39 is 8.07 Å². The minimum absolute atomic E-state index is 0.846. The van der Waals surface area contributed by atoms with E-state index in [1.165, 1.54) is 15.6 Å². The van der Waals surface area contributed by atoms with Gasteiger partial charge in [0.05, 0.1) is 11.4 Å². The Morgan fingerprint density at radius 2 is 1.00 bits per heavy atom. The third-order valence-corrected chi connectivity index (χ3v) is 9.80. The minimum Gasteiger partial charge on any atom is -0.255 e. The summed E-state index contributed by atoms with van der Waals surface area (Å²) in [6.45, 7) is 0. The quantitative estimate of drug-likeness (QED) is 0.239. The fourth-order valence-electron chi connectivity index (χ4n) is 4.08. The van der Waals surface area contributed by atoms with Gasteiger partial charge < -0.3 is 0 Å². The summed E-state index contributed by atoms with van der Waals surface area (Å²) < 4.78 is 0. The van der Waals surface area contributed by atoms with Crippen molar-refractivity contribution >= 4 is 23.6 Å². The molecule has 0 saturated carbocycles. The summed E-state index contributed by atoms with van der Waals surface area (Å²) >= 11 is 0. The largest absolute Gasteiger partial charge is 0.255 e. The summed E-state index contributed by atoms with van der Waals surface area (Å²) in [7, 11) is -2.59. The van der Waals surface area contributed by atoms with Gasteiger partial charge in [0.25, 0.3) is 0 Å². The Morgan fingerprint density at radius 3 is 1.45 bits per heavy atom. The van der Waals surface area contributed by atoms with Gasteiger partial charge in [-0.15, -0.1) is 5.54 Å². The molecule has 5 aromatic rings. The van der Waals surface area contributed by atoms with Crippen LogP contribution >= 0.6 is 0 Å². The molecule has 0 atom stereocenters. The van der Waals surface area contributed by atoms with E-state index >= 15 is 0 Å². The van der Waals surface area contributed by atoms with Crippen LogP contribution in [0.15, 0.2) is 134 Å². The van der Waals surface area contributed by atoms with E-state index in [2.05, 4.69) is 112 Å². The molecule has 2 aromatic heterocycles. The van der Waals surface area contributed by atoms with Crippen LogP contribution < -0.4 is 15.6 Å². The van der Waals surface area contributed by atoms with Crippen LogP contribution in [-0.4, -0.2) is 18.0 Å². The summed E-state index contributed by atoms with van der Waals surface area (Å²) in [5.74, 6) is 3.49. The molecule has 156 valence electrons. The van der Waals surface area contributed by atoms with Gasteiger partial charge in [0.1, 0.15) is 0 Å². The Balaban J connectivity index is 1.66. The van der Waals surface area contributed by atoms with Crippen molar-refractivity contribution < 1.29 is 0 Å². The maximum Gasteiger partial charge on any atom is 0.230 e. The van der Waals surface area contributed by atoms with E-state index in [0.29, 0.717) is 0 Å². The standard InChI is InChI=1S/C30H22N2Si/c1-4-12-26(13-5-1)33(27-14-6-2-7-15-27,28-16-8-3-9-17-28)23-21-25-19-20-30(32-24-25)29-18-10-11-22-31-29/h1-20,22,24H. The molecular formula is C30H22N2Si. The first-order valence-corrected chi connectivity index (χ1v) is 12.9. The topological polar surface area (TPSA) is 25.8 Å². The van der Waals surface area contributed by atoms with E-state index in [4.69, 9.17) is 0 Å². The molecule has 0 aliphatic rings. The van der Waals surface area contributed by atoms with Gasteiger partial charge in [-0.1, -0.05) is 103 Å². The van der Waals surface area contributed by atoms with Gasteiger partial charge in [0.2, 0.25) is 8.07 Å². The second kappa shape index (κ2) is 9.48. The molecule has 0 aliphatic carbocycles. The molecule has 0 N–H and O–H groups in total. The first-order valence-electron chi connectivity index (χ1n) is 10.9. The van der Waals surface area contributed by atoms with Crippen molar-refractivity contribution in [2.75, 3.05) is 0 Å². The van der Waals surface area contributed by atoms with Crippen molar-refractivity contribution in [1.29, 1.82) is 0 Å². The Hall–Kier alpha value is -4.26. The summed E-state index contributed by atoms with van der Waals surface area (Å²) in [6, 6.07) is 41.9. The second-order valence-corrected chi connectivity index (χ2v) is 11.2. The molecule has 0 bridgehead atoms. The highest BCUT2D eigenvalue weighted by molar-refractivity contribution is 7.16. The van der Waals surface area contributed by atoms with Crippen molar-refractivity contribution in [3.63, 3.8) is 0 Å². The van der Waals surface area contributed by atoms with E-state index in [0.717, 1.165) is 17.0 Å². The predicted molar refractivity (Wildman–Crippen MR) is 138 cm³/mol. The normalized spacial score (nSPS) is 10.8. The lowest BCUT2D eigenvalue weighted by molar-refractivity contribution is 1.24. The van der Waals surface area contributed by atoms with Crippen LogP contribution in [0.3, 0.4) is 0 Å². The predicted octanol–water partition coefficient (Wildman–Crippen LogP) is 4.20. The van der Waals surface area contributed by atoms with Crippen molar-refractivity contribution in [1.82, 2.24) is 9.97 Å². The van der Waals surface area contributed by atoms with E-state index in [9.17, 15) is 0 Å². The number of nitrogens with zero attached hydrogens (tertiary/aromatic N) is 2. The maximum atomic E-state index is 4.62. The number of rotatable bonds is 4. The van der Waals surface area contributed by atoms with Crippen LogP contribution in [0.2, 0.25) is 0 Å². The maximum absolute atomic E-state index is 4.62. The highest BCUT2D eigenvalue weighted by Crippen LogP contribution is 2.13. The highest BCUT2D eigenvalue weighted by atomic mass is 28.3. The number of aromatic nitrogens is 2. The smallest absolute Gasteiger partial charge is 0.230 e. The average molecular weight is 439 g/mol. The molecule has 0 radical (unpaired) electrons. The van der Waals surface area contributed by atoms with E-state index in [1.54, 1.807) is 6.20 Å². The van der Waals surface area contributed by atoms with Crippen LogP contribution in [0.4, 0.5) is 0 Å². The van der Waals surface area contributed by atoms with Crippen molar-refractivity contribution in [2.24, 2.45) is 0 Å². The first-order chi connectivity index (χ1) is 16.4. The van der Waals surface area contributed by atoms with Crippen LogP contribution in [0, 0.1) is 11.5 Å². The van der Waals surface area contributed by atoms with E-state index in [-0.39, 0.29) is 0 Å². The summed E-state index contributed by atoms with van der Waals surface area (Å²) in [5, 5.41) is 3.81. The zero-order valence-corrected chi connectivity index (χ0v) is 19.1. The van der Waals surface area contributed by atoms with E-state index in [1.807, 2.05) is 36.5 Å². The third-order valence-electron chi connectivity index (χ3n) is 5.71. The molecular weight excluding hydrogens is 416 g/mol. The molecule has 2 nitrogen and oxygen atoms in total. The van der Waals surface area contributed by atoms with Crippen molar-refractivity contribution in [3.8, 4) is 22.9 Å². The lowest BCUT2D eigenvalue weighted by atomic mass is 10.2. The van der Waals surface area contributed by atoms with Gasteiger partial charge in [-0.3, -0.25) is 9.97 Å². The van der Waals surface area contributed by atoms with Crippen LogP contribution in [0.5, 0.6) is 0 Å². The molecule has 0 spiro atoms. The van der Waals surface area contributed by atoms with Crippen LogP contribution in [-0.2, 0) is 0 Å². The fraction of sp³-hybridized carbons (Fsp3) is 0. The number of benzene rings is 3. The summed E-state index contributed by atoms with van der Waals surface area (Å²) in [6.07, 6.45) is 3.63. The highest BCUT2D eigenvalue weighted by Gasteiger charge is 2.38. The first kappa shape index (κ1) is 20.6. The Labute approximate surface area is 195 Å². The Morgan fingerprint density at radius 1 is 0.485 bits per heavy atom. The third kappa shape index (κ3) is 4.25. The molecule has 0 unspecified atom stereocenters. The number of pyridine rings is 2. The summed E-state index contributed by atoms with van der Waals surface area (Å²) in [5.41, 5.74) is 6.39. The van der Waals surface area contributed by atoms with Gasteiger partial charge in [-0.25, -0.2) is 0 Å². The molecule has 33 heavy (non-hydrogen) atoms. The van der Waals surface area contributed by atoms with Gasteiger partial charge in [0, 0.05) is 18.0 Å². The zero-order valence-electron chi connectivity index (χ0n) is 18.1. The van der Waals surface area contributed by atoms with Gasteiger partial charge in [-0.2, -0.15) is 0 Å². The molecule has 2 heterocycles. The molecule has 0 fully saturated rings. The molecule has 3 aromatic carbocycles. The average Bonchev–Trinajstić information content (AvgIpc) is 2.92. The molecule has 3 heteroatoms. The zero-order chi connectivity index (χ0) is 22.3. The van der Waals surface area contributed by atoms with Gasteiger partial charge in [0.15, 0.2) is 0 Å². The molecule has 0 amide bonds. The van der Waals surface area contributed by atoms with Crippen LogP contribution in [0.1, 0.15) is 5.56 Å². The lowest BCUT2D eigenvalue weighted by Gasteiger charge is -2.28. The Bertz CT molecular complexity index is 1280. The van der Waals surface area contributed by atoms with Crippen LogP contribution in [0.25, 0.3) is 11.4 Å². The molecule has 0 aliphatic heterocycles. The van der Waals surface area contributed by atoms with Gasteiger partial charge >= 0.3 is 0 Å². The number of hydrogen-bond acceptors (Lipinski definition) is 2. The Kier molecular flexibility index (Phi) is 5.93. The summed E-state index contributed by atoms with van der Waals surface area (Å²) in [4.78, 5) is 9.01. The lowest BCUT2D eigenvalue weighted by Crippen LogP contribution is -2.66. The fourth-order valence-corrected chi connectivity index (χ4v) is 7.92. The molecule has 0 saturated heterocycles. The van der Waals surface area contributed by atoms with Crippen molar-refractivity contribution in [3.05, 3.63) is 139 Å². The molecule has 5 rings (SSSR count). The number of hydrogen-bond donors (Lipinski definition) is 0.